The summed E-state index contributed by atoms with van der Waals surface area (Å²) >= 11 is 0. The maximum absolute atomic E-state index is 11.9. The molecule has 1 N–H and O–H groups in total. The molecular weight excluding hydrogens is 220 g/mol. The summed E-state index contributed by atoms with van der Waals surface area (Å²) in [7, 11) is 2.90. The van der Waals surface area contributed by atoms with Crippen molar-refractivity contribution in [3.63, 3.8) is 0 Å². The number of aromatic amines is 1. The zero-order valence-corrected chi connectivity index (χ0v) is 9.56. The third-order valence-corrected chi connectivity index (χ3v) is 2.31. The second-order valence-corrected chi connectivity index (χ2v) is 3.33. The minimum absolute atomic E-state index is 0.131. The van der Waals surface area contributed by atoms with E-state index in [0.717, 1.165) is 5.56 Å². The first-order valence-corrected chi connectivity index (χ1v) is 5.04. The monoisotopic (exact) mass is 232 g/mol. The van der Waals surface area contributed by atoms with Crippen molar-refractivity contribution in [3.8, 4) is 23.0 Å². The van der Waals surface area contributed by atoms with E-state index < -0.39 is 0 Å². The van der Waals surface area contributed by atoms with Crippen LogP contribution in [0.25, 0.3) is 11.1 Å². The first-order chi connectivity index (χ1) is 8.26. The molecule has 1 aromatic heterocycles. The van der Waals surface area contributed by atoms with Crippen molar-refractivity contribution in [2.75, 3.05) is 14.2 Å². The second-order valence-electron chi connectivity index (χ2n) is 3.33. The van der Waals surface area contributed by atoms with Crippen LogP contribution in [0.1, 0.15) is 0 Å². The Labute approximate surface area is 98.0 Å². The van der Waals surface area contributed by atoms with E-state index in [-0.39, 0.29) is 17.4 Å². The fourth-order valence-corrected chi connectivity index (χ4v) is 1.54. The van der Waals surface area contributed by atoms with Crippen molar-refractivity contribution in [3.05, 3.63) is 40.7 Å². The molecule has 0 saturated heterocycles. The van der Waals surface area contributed by atoms with Gasteiger partial charge in [-0.1, -0.05) is 30.3 Å². The van der Waals surface area contributed by atoms with Gasteiger partial charge in [0.15, 0.2) is 0 Å². The Morgan fingerprint density at radius 3 is 2.41 bits per heavy atom. The largest absolute Gasteiger partial charge is 0.480 e. The highest BCUT2D eigenvalue weighted by atomic mass is 16.5. The minimum Gasteiger partial charge on any atom is -0.480 e. The zero-order chi connectivity index (χ0) is 12.3. The Morgan fingerprint density at radius 2 is 1.82 bits per heavy atom. The van der Waals surface area contributed by atoms with Gasteiger partial charge in [-0.05, 0) is 5.56 Å². The van der Waals surface area contributed by atoms with Gasteiger partial charge in [-0.25, -0.2) is 0 Å². The lowest BCUT2D eigenvalue weighted by Gasteiger charge is -2.07. The van der Waals surface area contributed by atoms with Crippen LogP contribution < -0.4 is 15.0 Å². The number of aromatic nitrogens is 2. The molecule has 0 aliphatic rings. The van der Waals surface area contributed by atoms with E-state index in [2.05, 4.69) is 9.97 Å². The molecule has 2 aromatic rings. The Hall–Kier alpha value is -2.30. The summed E-state index contributed by atoms with van der Waals surface area (Å²) in [5.41, 5.74) is 0.856. The van der Waals surface area contributed by atoms with Crippen LogP contribution in [0.4, 0.5) is 0 Å². The van der Waals surface area contributed by atoms with E-state index in [0.29, 0.717) is 5.56 Å². The number of nitrogens with zero attached hydrogens (tertiary/aromatic N) is 1. The number of H-pyrrole nitrogens is 1. The number of hydrogen-bond acceptors (Lipinski definition) is 4. The highest BCUT2D eigenvalue weighted by Gasteiger charge is 2.14. The van der Waals surface area contributed by atoms with Crippen molar-refractivity contribution in [1.82, 2.24) is 9.97 Å². The molecule has 0 fully saturated rings. The SMILES string of the molecule is COc1nc(OC)c(-c2ccccc2)c(=O)[nH]1. The molecule has 2 rings (SSSR count). The molecule has 17 heavy (non-hydrogen) atoms. The van der Waals surface area contributed by atoms with E-state index in [9.17, 15) is 4.79 Å². The molecule has 0 aliphatic heterocycles. The topological polar surface area (TPSA) is 64.2 Å². The van der Waals surface area contributed by atoms with Gasteiger partial charge in [0.1, 0.15) is 5.56 Å². The van der Waals surface area contributed by atoms with Crippen LogP contribution in [-0.4, -0.2) is 24.2 Å². The van der Waals surface area contributed by atoms with Gasteiger partial charge in [0, 0.05) is 0 Å². The number of hydrogen-bond donors (Lipinski definition) is 1. The maximum Gasteiger partial charge on any atom is 0.299 e. The Bertz CT molecular complexity index is 564. The highest BCUT2D eigenvalue weighted by Crippen LogP contribution is 2.24. The summed E-state index contributed by atoms with van der Waals surface area (Å²) < 4.78 is 9.99. The second kappa shape index (κ2) is 4.69. The van der Waals surface area contributed by atoms with Gasteiger partial charge in [-0.2, -0.15) is 4.98 Å². The average Bonchev–Trinajstić information content (AvgIpc) is 2.38. The fraction of sp³-hybridized carbons (Fsp3) is 0.167. The summed E-state index contributed by atoms with van der Waals surface area (Å²) in [6, 6.07) is 9.34. The third kappa shape index (κ3) is 2.13. The van der Waals surface area contributed by atoms with Crippen molar-refractivity contribution in [2.45, 2.75) is 0 Å². The molecule has 0 atom stereocenters. The molecule has 5 heteroatoms. The quantitative estimate of drug-likeness (QED) is 0.870. The van der Waals surface area contributed by atoms with Crippen LogP contribution in [0.15, 0.2) is 35.1 Å². The van der Waals surface area contributed by atoms with Gasteiger partial charge < -0.3 is 9.47 Å². The van der Waals surface area contributed by atoms with E-state index >= 15 is 0 Å². The number of rotatable bonds is 3. The van der Waals surface area contributed by atoms with Gasteiger partial charge in [-0.15, -0.1) is 0 Å². The lowest BCUT2D eigenvalue weighted by molar-refractivity contribution is 0.351. The number of methoxy groups -OCH3 is 2. The average molecular weight is 232 g/mol. The first kappa shape index (κ1) is 11.2. The van der Waals surface area contributed by atoms with Crippen LogP contribution >= 0.6 is 0 Å². The first-order valence-electron chi connectivity index (χ1n) is 5.04. The summed E-state index contributed by atoms with van der Waals surface area (Å²) in [4.78, 5) is 18.5. The van der Waals surface area contributed by atoms with E-state index in [1.54, 1.807) is 0 Å². The summed E-state index contributed by atoms with van der Waals surface area (Å²) in [5, 5.41) is 0. The molecule has 0 aliphatic carbocycles. The van der Waals surface area contributed by atoms with Crippen molar-refractivity contribution in [1.29, 1.82) is 0 Å². The summed E-state index contributed by atoms with van der Waals surface area (Å²) in [6.07, 6.45) is 0. The van der Waals surface area contributed by atoms with Gasteiger partial charge >= 0.3 is 0 Å². The molecule has 0 radical (unpaired) electrons. The van der Waals surface area contributed by atoms with Crippen LogP contribution in [-0.2, 0) is 0 Å². The molecule has 0 saturated carbocycles. The summed E-state index contributed by atoms with van der Waals surface area (Å²) in [5.74, 6) is 0.247. The van der Waals surface area contributed by atoms with Crippen LogP contribution in [0.3, 0.4) is 0 Å². The van der Waals surface area contributed by atoms with Crippen LogP contribution in [0.5, 0.6) is 11.9 Å². The zero-order valence-electron chi connectivity index (χ0n) is 9.56. The number of ether oxygens (including phenoxy) is 2. The molecule has 0 unspecified atom stereocenters. The molecule has 0 amide bonds. The molecule has 88 valence electrons. The lowest BCUT2D eigenvalue weighted by Crippen LogP contribution is -2.13. The fourth-order valence-electron chi connectivity index (χ4n) is 1.54. The predicted octanol–water partition coefficient (Wildman–Crippen LogP) is 1.45. The molecule has 1 aromatic carbocycles. The maximum atomic E-state index is 11.9. The van der Waals surface area contributed by atoms with E-state index in [4.69, 9.17) is 9.47 Å². The van der Waals surface area contributed by atoms with Crippen molar-refractivity contribution >= 4 is 0 Å². The normalized spacial score (nSPS) is 10.0. The smallest absolute Gasteiger partial charge is 0.299 e. The lowest BCUT2D eigenvalue weighted by atomic mass is 10.1. The molecule has 0 spiro atoms. The number of nitrogens with one attached hydrogen (secondary N) is 1. The predicted molar refractivity (Wildman–Crippen MR) is 63.4 cm³/mol. The van der Waals surface area contributed by atoms with Crippen LogP contribution in [0, 0.1) is 0 Å². The third-order valence-electron chi connectivity index (χ3n) is 2.31. The van der Waals surface area contributed by atoms with E-state index in [1.165, 1.54) is 14.2 Å². The molecular formula is C12H12N2O3. The standard InChI is InChI=1S/C12H12N2O3/c1-16-11-9(8-6-4-3-5-7-8)10(15)13-12(14-11)17-2/h3-7H,1-2H3,(H,13,14,15). The van der Waals surface area contributed by atoms with Crippen LogP contribution in [0.2, 0.25) is 0 Å². The van der Waals surface area contributed by atoms with Gasteiger partial charge in [0.2, 0.25) is 5.88 Å². The minimum atomic E-state index is -0.292. The Kier molecular flexibility index (Phi) is 3.09. The summed E-state index contributed by atoms with van der Waals surface area (Å²) in [6.45, 7) is 0. The van der Waals surface area contributed by atoms with Crippen molar-refractivity contribution < 1.29 is 9.47 Å². The molecule has 5 nitrogen and oxygen atoms in total. The van der Waals surface area contributed by atoms with E-state index in [1.807, 2.05) is 30.3 Å². The highest BCUT2D eigenvalue weighted by molar-refractivity contribution is 5.67. The molecule has 1 heterocycles. The molecule has 0 bridgehead atoms. The van der Waals surface area contributed by atoms with Gasteiger partial charge in [-0.3, -0.25) is 9.78 Å². The van der Waals surface area contributed by atoms with Gasteiger partial charge in [0.25, 0.3) is 11.6 Å². The Morgan fingerprint density at radius 1 is 1.12 bits per heavy atom. The number of benzene rings is 1. The Balaban J connectivity index is 2.65. The van der Waals surface area contributed by atoms with Crippen molar-refractivity contribution in [2.24, 2.45) is 0 Å². The van der Waals surface area contributed by atoms with Gasteiger partial charge in [0.05, 0.1) is 14.2 Å².